The highest BCUT2D eigenvalue weighted by Crippen LogP contribution is 2.47. The predicted molar refractivity (Wildman–Crippen MR) is 151 cm³/mol. The molecule has 6 aromatic carbocycles. The van der Waals surface area contributed by atoms with Gasteiger partial charge in [0.15, 0.2) is 0 Å². The van der Waals surface area contributed by atoms with Crippen molar-refractivity contribution in [2.75, 3.05) is 4.90 Å². The van der Waals surface area contributed by atoms with Gasteiger partial charge in [0.2, 0.25) is 0 Å². The monoisotopic (exact) mass is 460 g/mol. The van der Waals surface area contributed by atoms with E-state index in [4.69, 9.17) is 5.26 Å². The number of para-hydroxylation sites is 1. The molecule has 2 heteroatoms. The van der Waals surface area contributed by atoms with Crippen LogP contribution in [-0.4, -0.2) is 0 Å². The van der Waals surface area contributed by atoms with E-state index in [0.717, 1.165) is 22.6 Å². The van der Waals surface area contributed by atoms with Crippen LogP contribution in [0.2, 0.25) is 0 Å². The molecule has 0 amide bonds. The smallest absolute Gasteiger partial charge is 0.0669 e. The number of fused-ring (bicyclic) bond motifs is 2. The molecule has 0 unspecified atom stereocenters. The maximum atomic E-state index is 9.15. The van der Waals surface area contributed by atoms with Gasteiger partial charge in [0.05, 0.1) is 18.2 Å². The van der Waals surface area contributed by atoms with E-state index in [1.165, 1.54) is 32.7 Å². The molecule has 0 radical (unpaired) electrons. The van der Waals surface area contributed by atoms with E-state index in [1.54, 1.807) is 0 Å². The first-order chi connectivity index (χ1) is 17.8. The zero-order valence-electron chi connectivity index (χ0n) is 19.8. The normalized spacial score (nSPS) is 10.9. The zero-order chi connectivity index (χ0) is 24.3. The highest BCUT2D eigenvalue weighted by Gasteiger charge is 2.21. The zero-order valence-corrected chi connectivity index (χ0v) is 19.8. The highest BCUT2D eigenvalue weighted by atomic mass is 15.1. The number of anilines is 3. The molecule has 0 aromatic heterocycles. The summed E-state index contributed by atoms with van der Waals surface area (Å²) < 4.78 is 0. The molecule has 0 aliphatic rings. The first-order valence-electron chi connectivity index (χ1n) is 12.1. The molecule has 6 aromatic rings. The van der Waals surface area contributed by atoms with Crippen molar-refractivity contribution < 1.29 is 0 Å². The molecule has 6 rings (SSSR count). The Hall–Kier alpha value is -4.87. The van der Waals surface area contributed by atoms with Gasteiger partial charge in [-0.3, -0.25) is 0 Å². The fourth-order valence-corrected chi connectivity index (χ4v) is 5.10. The average Bonchev–Trinajstić information content (AvgIpc) is 2.95. The first-order valence-corrected chi connectivity index (χ1v) is 12.1. The Kier molecular flexibility index (Phi) is 5.66. The van der Waals surface area contributed by atoms with Crippen molar-refractivity contribution in [2.45, 2.75) is 6.42 Å². The molecule has 0 atom stereocenters. The summed E-state index contributed by atoms with van der Waals surface area (Å²) in [5.74, 6) is 0. The van der Waals surface area contributed by atoms with Gasteiger partial charge in [-0.15, -0.1) is 0 Å². The van der Waals surface area contributed by atoms with Gasteiger partial charge < -0.3 is 4.90 Å². The van der Waals surface area contributed by atoms with Crippen molar-refractivity contribution in [3.63, 3.8) is 0 Å². The van der Waals surface area contributed by atoms with E-state index in [2.05, 4.69) is 138 Å². The van der Waals surface area contributed by atoms with E-state index in [1.807, 2.05) is 6.07 Å². The molecule has 0 saturated carbocycles. The van der Waals surface area contributed by atoms with Crippen molar-refractivity contribution in [2.24, 2.45) is 0 Å². The van der Waals surface area contributed by atoms with Crippen LogP contribution in [0.4, 0.5) is 17.1 Å². The minimum absolute atomic E-state index is 0.406. The summed E-state index contributed by atoms with van der Waals surface area (Å²) in [6.45, 7) is 0. The Labute approximate surface area is 211 Å². The third kappa shape index (κ3) is 3.78. The SMILES string of the molecule is N#CCc1ccc(N(c2ccccc2)c2c3ccccc3c(-c3ccccc3)c3ccccc23)cc1. The van der Waals surface area contributed by atoms with Gasteiger partial charge in [0, 0.05) is 22.1 Å². The largest absolute Gasteiger partial charge is 0.309 e. The van der Waals surface area contributed by atoms with Gasteiger partial charge in [0.25, 0.3) is 0 Å². The number of hydrogen-bond acceptors (Lipinski definition) is 2. The minimum Gasteiger partial charge on any atom is -0.309 e. The molecule has 170 valence electrons. The number of benzene rings is 6. The van der Waals surface area contributed by atoms with Gasteiger partial charge in [0.1, 0.15) is 0 Å². The third-order valence-corrected chi connectivity index (χ3v) is 6.68. The van der Waals surface area contributed by atoms with E-state index in [-0.39, 0.29) is 0 Å². The van der Waals surface area contributed by atoms with Crippen molar-refractivity contribution in [1.29, 1.82) is 5.26 Å². The van der Waals surface area contributed by atoms with Crippen molar-refractivity contribution in [3.8, 4) is 17.2 Å². The van der Waals surface area contributed by atoms with E-state index in [9.17, 15) is 0 Å². The van der Waals surface area contributed by atoms with Gasteiger partial charge in [-0.05, 0) is 51.7 Å². The molecular formula is C34H24N2. The van der Waals surface area contributed by atoms with Crippen molar-refractivity contribution in [3.05, 3.63) is 139 Å². The lowest BCUT2D eigenvalue weighted by molar-refractivity contribution is 1.24. The van der Waals surface area contributed by atoms with Crippen LogP contribution in [0.3, 0.4) is 0 Å². The number of nitrogens with zero attached hydrogens (tertiary/aromatic N) is 2. The number of hydrogen-bond donors (Lipinski definition) is 0. The molecule has 0 heterocycles. The van der Waals surface area contributed by atoms with Crippen LogP contribution in [-0.2, 0) is 6.42 Å². The molecule has 0 bridgehead atoms. The second kappa shape index (κ2) is 9.41. The summed E-state index contributed by atoms with van der Waals surface area (Å²) >= 11 is 0. The summed E-state index contributed by atoms with van der Waals surface area (Å²) in [5.41, 5.74) is 6.79. The fourth-order valence-electron chi connectivity index (χ4n) is 5.10. The minimum atomic E-state index is 0.406. The molecule has 0 fully saturated rings. The van der Waals surface area contributed by atoms with Crippen LogP contribution < -0.4 is 4.90 Å². The van der Waals surface area contributed by atoms with Crippen molar-refractivity contribution >= 4 is 38.6 Å². The van der Waals surface area contributed by atoms with Gasteiger partial charge >= 0.3 is 0 Å². The Morgan fingerprint density at radius 2 is 0.972 bits per heavy atom. The molecule has 0 aliphatic heterocycles. The van der Waals surface area contributed by atoms with Crippen LogP contribution in [0.1, 0.15) is 5.56 Å². The quantitative estimate of drug-likeness (QED) is 0.240. The van der Waals surface area contributed by atoms with Crippen LogP contribution >= 0.6 is 0 Å². The maximum Gasteiger partial charge on any atom is 0.0669 e. The summed E-state index contributed by atoms with van der Waals surface area (Å²) in [6, 6.07) is 49.1. The van der Waals surface area contributed by atoms with Gasteiger partial charge in [-0.2, -0.15) is 5.26 Å². The van der Waals surface area contributed by atoms with Crippen LogP contribution in [0.25, 0.3) is 32.7 Å². The summed E-state index contributed by atoms with van der Waals surface area (Å²) in [6.07, 6.45) is 0.406. The first kappa shape index (κ1) is 21.6. The topological polar surface area (TPSA) is 27.0 Å². The lowest BCUT2D eigenvalue weighted by Gasteiger charge is -2.29. The third-order valence-electron chi connectivity index (χ3n) is 6.68. The summed E-state index contributed by atoms with van der Waals surface area (Å²) in [4.78, 5) is 2.34. The molecule has 0 N–H and O–H groups in total. The highest BCUT2D eigenvalue weighted by molar-refractivity contribution is 6.22. The molecule has 36 heavy (non-hydrogen) atoms. The Balaban J connectivity index is 1.72. The molecule has 0 aliphatic carbocycles. The Morgan fingerprint density at radius 3 is 1.53 bits per heavy atom. The lowest BCUT2D eigenvalue weighted by atomic mass is 9.90. The van der Waals surface area contributed by atoms with Crippen LogP contribution in [0, 0.1) is 11.3 Å². The maximum absolute atomic E-state index is 9.15. The second-order valence-corrected chi connectivity index (χ2v) is 8.85. The summed E-state index contributed by atoms with van der Waals surface area (Å²) in [5, 5.41) is 14.0. The molecule has 0 saturated heterocycles. The van der Waals surface area contributed by atoms with Crippen molar-refractivity contribution in [1.82, 2.24) is 0 Å². The van der Waals surface area contributed by atoms with E-state index in [0.29, 0.717) is 6.42 Å². The molecule has 2 nitrogen and oxygen atoms in total. The van der Waals surface area contributed by atoms with E-state index < -0.39 is 0 Å². The number of nitriles is 1. The summed E-state index contributed by atoms with van der Waals surface area (Å²) in [7, 11) is 0. The fraction of sp³-hybridized carbons (Fsp3) is 0.0294. The van der Waals surface area contributed by atoms with Gasteiger partial charge in [-0.25, -0.2) is 0 Å². The van der Waals surface area contributed by atoms with E-state index >= 15 is 0 Å². The number of rotatable bonds is 5. The predicted octanol–water partition coefficient (Wildman–Crippen LogP) is 9.20. The average molecular weight is 461 g/mol. The molecule has 0 spiro atoms. The second-order valence-electron chi connectivity index (χ2n) is 8.85. The van der Waals surface area contributed by atoms with Crippen LogP contribution in [0.15, 0.2) is 133 Å². The Bertz CT molecular complexity index is 1640. The molecular weight excluding hydrogens is 436 g/mol. The standard InChI is InChI=1S/C34H24N2/c35-24-23-25-19-21-28(22-20-25)36(27-13-5-2-6-14-27)34-31-17-9-7-15-29(31)33(26-11-3-1-4-12-26)30-16-8-10-18-32(30)34/h1-22H,23H2. The van der Waals surface area contributed by atoms with Crippen LogP contribution in [0.5, 0.6) is 0 Å². The Morgan fingerprint density at radius 1 is 0.500 bits per heavy atom. The lowest BCUT2D eigenvalue weighted by Crippen LogP contribution is -2.11. The van der Waals surface area contributed by atoms with Gasteiger partial charge in [-0.1, -0.05) is 109 Å².